The topological polar surface area (TPSA) is 39.4 Å². The number of hydrogen-bond acceptors (Lipinski definition) is 3. The fraction of sp³-hybridized carbons (Fsp3) is 0.286. The van der Waals surface area contributed by atoms with Crippen LogP contribution in [0.2, 0.25) is 0 Å². The highest BCUT2D eigenvalue weighted by atomic mass is 16.5. The van der Waals surface area contributed by atoms with E-state index in [1.165, 1.54) is 0 Å². The summed E-state index contributed by atoms with van der Waals surface area (Å²) in [5, 5.41) is 4.21. The number of rotatable bonds is 4. The van der Waals surface area contributed by atoms with Gasteiger partial charge in [-0.2, -0.15) is 5.10 Å². The van der Waals surface area contributed by atoms with E-state index in [9.17, 15) is 0 Å². The summed E-state index contributed by atoms with van der Waals surface area (Å²) in [4.78, 5) is 4.63. The van der Waals surface area contributed by atoms with Crippen molar-refractivity contribution in [2.24, 2.45) is 0 Å². The van der Waals surface area contributed by atoms with Crippen molar-refractivity contribution in [1.82, 2.24) is 14.6 Å². The van der Waals surface area contributed by atoms with Gasteiger partial charge < -0.3 is 4.74 Å². The highest BCUT2D eigenvalue weighted by Crippen LogP contribution is 2.18. The summed E-state index contributed by atoms with van der Waals surface area (Å²) in [7, 11) is 1.68. The molecule has 0 radical (unpaired) electrons. The smallest absolute Gasteiger partial charge is 0.158 e. The van der Waals surface area contributed by atoms with Crippen LogP contribution in [0.5, 0.6) is 0 Å². The number of ether oxygens (including phenoxy) is 1. The minimum absolute atomic E-state index is 0.542. The van der Waals surface area contributed by atoms with Gasteiger partial charge >= 0.3 is 0 Å². The lowest BCUT2D eigenvalue weighted by Crippen LogP contribution is -1.99. The lowest BCUT2D eigenvalue weighted by molar-refractivity contribution is 0.228. The van der Waals surface area contributed by atoms with Gasteiger partial charge in [-0.3, -0.25) is 0 Å². The van der Waals surface area contributed by atoms with Gasteiger partial charge in [-0.05, 0) is 31.1 Å². The molecule has 0 bridgehead atoms. The van der Waals surface area contributed by atoms with Gasteiger partial charge in [-0.15, -0.1) is 0 Å². The average Bonchev–Trinajstić information content (AvgIpc) is 2.76. The Morgan fingerprint density at radius 1 is 1.56 bits per heavy atom. The van der Waals surface area contributed by atoms with E-state index in [1.54, 1.807) is 11.6 Å². The van der Waals surface area contributed by atoms with E-state index >= 15 is 0 Å². The van der Waals surface area contributed by atoms with Crippen LogP contribution in [-0.4, -0.2) is 28.3 Å². The van der Waals surface area contributed by atoms with Gasteiger partial charge in [0, 0.05) is 18.9 Å². The standard InChI is InChI=1S/C14H17N3O/c1-5-12(9-18-4)11(3)13-6-7-17-14(16-13)10(2)8-15-17/h5-8H,1,9H2,2-4H3/b12-11-. The molecule has 0 atom stereocenters. The maximum absolute atomic E-state index is 5.16. The van der Waals surface area contributed by atoms with Crippen LogP contribution in [0.4, 0.5) is 0 Å². The van der Waals surface area contributed by atoms with Crippen molar-refractivity contribution in [2.45, 2.75) is 13.8 Å². The minimum atomic E-state index is 0.542. The third-order valence-corrected chi connectivity index (χ3v) is 2.96. The van der Waals surface area contributed by atoms with Crippen LogP contribution in [0.1, 0.15) is 18.2 Å². The summed E-state index contributed by atoms with van der Waals surface area (Å²) in [6, 6.07) is 1.95. The molecule has 2 aromatic rings. The van der Waals surface area contributed by atoms with E-state index in [2.05, 4.69) is 16.7 Å². The first kappa shape index (κ1) is 12.5. The predicted octanol–water partition coefficient (Wildman–Crippen LogP) is 2.64. The molecule has 0 aliphatic heterocycles. The van der Waals surface area contributed by atoms with Crippen molar-refractivity contribution in [1.29, 1.82) is 0 Å². The van der Waals surface area contributed by atoms with Gasteiger partial charge in [0.2, 0.25) is 0 Å². The zero-order valence-electron chi connectivity index (χ0n) is 11.0. The molecule has 0 saturated carbocycles. The number of hydrogen-bond donors (Lipinski definition) is 0. The summed E-state index contributed by atoms with van der Waals surface area (Å²) >= 11 is 0. The zero-order chi connectivity index (χ0) is 13.1. The summed E-state index contributed by atoms with van der Waals surface area (Å²) in [6.07, 6.45) is 5.55. The Kier molecular flexibility index (Phi) is 3.58. The van der Waals surface area contributed by atoms with Crippen molar-refractivity contribution in [3.63, 3.8) is 0 Å². The SMILES string of the molecule is C=C/C(COC)=C(\C)c1ccn2ncc(C)c2n1. The van der Waals surface area contributed by atoms with Crippen LogP contribution < -0.4 is 0 Å². The van der Waals surface area contributed by atoms with Crippen molar-refractivity contribution in [3.05, 3.63) is 47.9 Å². The van der Waals surface area contributed by atoms with E-state index < -0.39 is 0 Å². The molecule has 4 heteroatoms. The molecule has 4 nitrogen and oxygen atoms in total. The first-order valence-electron chi connectivity index (χ1n) is 5.80. The molecule has 0 spiro atoms. The lowest BCUT2D eigenvalue weighted by Gasteiger charge is -2.07. The van der Waals surface area contributed by atoms with Crippen molar-refractivity contribution in [3.8, 4) is 0 Å². The fourth-order valence-electron chi connectivity index (χ4n) is 1.83. The number of fused-ring (bicyclic) bond motifs is 1. The predicted molar refractivity (Wildman–Crippen MR) is 72.4 cm³/mol. The third-order valence-electron chi connectivity index (χ3n) is 2.96. The van der Waals surface area contributed by atoms with Gasteiger partial charge in [-0.25, -0.2) is 9.50 Å². The number of nitrogens with zero attached hydrogens (tertiary/aromatic N) is 3. The van der Waals surface area contributed by atoms with Crippen LogP contribution in [-0.2, 0) is 4.74 Å². The molecular weight excluding hydrogens is 226 g/mol. The Labute approximate surface area is 107 Å². The highest BCUT2D eigenvalue weighted by molar-refractivity contribution is 5.68. The molecule has 94 valence electrons. The molecule has 0 amide bonds. The monoisotopic (exact) mass is 243 g/mol. The van der Waals surface area contributed by atoms with Gasteiger partial charge in [0.05, 0.1) is 18.5 Å². The largest absolute Gasteiger partial charge is 0.380 e. The number of methoxy groups -OCH3 is 1. The molecule has 0 fully saturated rings. The number of aromatic nitrogens is 3. The van der Waals surface area contributed by atoms with E-state index in [4.69, 9.17) is 4.74 Å². The second-order valence-corrected chi connectivity index (χ2v) is 4.20. The molecule has 0 N–H and O–H groups in total. The number of allylic oxidation sites excluding steroid dienone is 1. The Balaban J connectivity index is 2.52. The summed E-state index contributed by atoms with van der Waals surface area (Å²) in [5.41, 5.74) is 5.00. The normalized spacial score (nSPS) is 12.6. The minimum Gasteiger partial charge on any atom is -0.380 e. The van der Waals surface area contributed by atoms with Crippen LogP contribution in [0.25, 0.3) is 11.2 Å². The Hall–Kier alpha value is -1.94. The fourth-order valence-corrected chi connectivity index (χ4v) is 1.83. The molecule has 2 rings (SSSR count). The molecule has 18 heavy (non-hydrogen) atoms. The van der Waals surface area contributed by atoms with Gasteiger partial charge in [-0.1, -0.05) is 12.7 Å². The van der Waals surface area contributed by atoms with Crippen LogP contribution >= 0.6 is 0 Å². The Morgan fingerprint density at radius 2 is 2.33 bits per heavy atom. The molecule has 0 aliphatic carbocycles. The first-order chi connectivity index (χ1) is 8.67. The van der Waals surface area contributed by atoms with Crippen LogP contribution in [0.15, 0.2) is 36.7 Å². The maximum atomic E-state index is 5.16. The second kappa shape index (κ2) is 5.14. The average molecular weight is 243 g/mol. The summed E-state index contributed by atoms with van der Waals surface area (Å²) in [5.74, 6) is 0. The number of aryl methyl sites for hydroxylation is 1. The highest BCUT2D eigenvalue weighted by Gasteiger charge is 2.07. The van der Waals surface area contributed by atoms with E-state index in [0.29, 0.717) is 6.61 Å². The molecular formula is C14H17N3O. The van der Waals surface area contributed by atoms with E-state index in [1.807, 2.05) is 38.4 Å². The molecule has 2 heterocycles. The van der Waals surface area contributed by atoms with Crippen molar-refractivity contribution >= 4 is 11.2 Å². The summed E-state index contributed by atoms with van der Waals surface area (Å²) < 4.78 is 6.93. The van der Waals surface area contributed by atoms with E-state index in [-0.39, 0.29) is 0 Å². The van der Waals surface area contributed by atoms with E-state index in [0.717, 1.165) is 28.1 Å². The molecule has 0 unspecified atom stereocenters. The maximum Gasteiger partial charge on any atom is 0.158 e. The Bertz CT molecular complexity index is 611. The summed E-state index contributed by atoms with van der Waals surface area (Å²) in [6.45, 7) is 8.39. The third kappa shape index (κ3) is 2.19. The van der Waals surface area contributed by atoms with Crippen molar-refractivity contribution < 1.29 is 4.74 Å². The quantitative estimate of drug-likeness (QED) is 0.775. The van der Waals surface area contributed by atoms with Gasteiger partial charge in [0.15, 0.2) is 5.65 Å². The first-order valence-corrected chi connectivity index (χ1v) is 5.80. The van der Waals surface area contributed by atoms with Crippen molar-refractivity contribution in [2.75, 3.05) is 13.7 Å². The zero-order valence-corrected chi connectivity index (χ0v) is 11.0. The molecule has 2 aromatic heterocycles. The molecule has 0 aromatic carbocycles. The van der Waals surface area contributed by atoms with Gasteiger partial charge in [0.25, 0.3) is 0 Å². The van der Waals surface area contributed by atoms with Gasteiger partial charge in [0.1, 0.15) is 0 Å². The molecule has 0 aliphatic rings. The lowest BCUT2D eigenvalue weighted by atomic mass is 10.1. The molecule has 0 saturated heterocycles. The Morgan fingerprint density at radius 3 is 3.00 bits per heavy atom. The van der Waals surface area contributed by atoms with Crippen LogP contribution in [0.3, 0.4) is 0 Å². The van der Waals surface area contributed by atoms with Crippen LogP contribution in [0, 0.1) is 6.92 Å². The second-order valence-electron chi connectivity index (χ2n) is 4.20.